The standard InChI is InChI=1S/C15H19N3O/c1-11-6-4-5-7-14(11)16-8-9-18-13(3)10-12(2)17-15(18)19/h4-7,10,16H,8-9H2,1-3H3. The summed E-state index contributed by atoms with van der Waals surface area (Å²) in [5.41, 5.74) is 3.85. The van der Waals surface area contributed by atoms with Crippen LogP contribution < -0.4 is 11.0 Å². The average molecular weight is 257 g/mol. The molecule has 1 aromatic heterocycles. The molecule has 0 saturated heterocycles. The van der Waals surface area contributed by atoms with Crippen LogP contribution in [-0.4, -0.2) is 16.1 Å². The first-order valence-corrected chi connectivity index (χ1v) is 6.42. The molecule has 0 spiro atoms. The van der Waals surface area contributed by atoms with Gasteiger partial charge in [-0.2, -0.15) is 4.98 Å². The number of rotatable bonds is 4. The van der Waals surface area contributed by atoms with Gasteiger partial charge in [-0.15, -0.1) is 0 Å². The summed E-state index contributed by atoms with van der Waals surface area (Å²) >= 11 is 0. The summed E-state index contributed by atoms with van der Waals surface area (Å²) in [7, 11) is 0. The van der Waals surface area contributed by atoms with E-state index in [2.05, 4.69) is 23.3 Å². The molecule has 4 heteroatoms. The predicted octanol–water partition coefficient (Wildman–Crippen LogP) is 2.28. The van der Waals surface area contributed by atoms with Crippen molar-refractivity contribution in [2.75, 3.05) is 11.9 Å². The Labute approximate surface area is 113 Å². The van der Waals surface area contributed by atoms with Crippen molar-refractivity contribution in [1.82, 2.24) is 9.55 Å². The highest BCUT2D eigenvalue weighted by Crippen LogP contribution is 2.12. The molecular formula is C15H19N3O. The fraction of sp³-hybridized carbons (Fsp3) is 0.333. The Bertz CT molecular complexity index is 632. The molecule has 1 N–H and O–H groups in total. The highest BCUT2D eigenvalue weighted by atomic mass is 16.1. The lowest BCUT2D eigenvalue weighted by Gasteiger charge is -2.12. The SMILES string of the molecule is Cc1cc(C)n(CCNc2ccccc2C)c(=O)n1. The van der Waals surface area contributed by atoms with Crippen molar-refractivity contribution in [3.63, 3.8) is 0 Å². The van der Waals surface area contributed by atoms with Gasteiger partial charge in [0.15, 0.2) is 0 Å². The number of hydrogen-bond donors (Lipinski definition) is 1. The normalized spacial score (nSPS) is 10.5. The van der Waals surface area contributed by atoms with E-state index in [4.69, 9.17) is 0 Å². The molecule has 0 amide bonds. The van der Waals surface area contributed by atoms with Gasteiger partial charge < -0.3 is 5.32 Å². The average Bonchev–Trinajstić information content (AvgIpc) is 2.34. The van der Waals surface area contributed by atoms with E-state index in [1.807, 2.05) is 38.1 Å². The van der Waals surface area contributed by atoms with E-state index in [1.54, 1.807) is 4.57 Å². The first kappa shape index (κ1) is 13.3. The fourth-order valence-corrected chi connectivity index (χ4v) is 2.12. The number of para-hydroxylation sites is 1. The third-order valence-electron chi connectivity index (χ3n) is 3.14. The van der Waals surface area contributed by atoms with E-state index in [0.717, 1.165) is 17.1 Å². The molecule has 0 unspecified atom stereocenters. The van der Waals surface area contributed by atoms with Gasteiger partial charge in [-0.3, -0.25) is 4.57 Å². The van der Waals surface area contributed by atoms with E-state index in [0.29, 0.717) is 13.1 Å². The van der Waals surface area contributed by atoms with Crippen molar-refractivity contribution in [2.24, 2.45) is 0 Å². The smallest absolute Gasteiger partial charge is 0.348 e. The van der Waals surface area contributed by atoms with Crippen molar-refractivity contribution in [3.05, 3.63) is 57.8 Å². The molecule has 0 radical (unpaired) electrons. The minimum absolute atomic E-state index is 0.177. The summed E-state index contributed by atoms with van der Waals surface area (Å²) in [6.45, 7) is 7.16. The van der Waals surface area contributed by atoms with Crippen LogP contribution in [0.15, 0.2) is 35.1 Å². The summed E-state index contributed by atoms with van der Waals surface area (Å²) in [5.74, 6) is 0. The van der Waals surface area contributed by atoms with Crippen LogP contribution in [0.5, 0.6) is 0 Å². The lowest BCUT2D eigenvalue weighted by atomic mass is 10.2. The van der Waals surface area contributed by atoms with Crippen LogP contribution in [0.2, 0.25) is 0 Å². The van der Waals surface area contributed by atoms with Crippen molar-refractivity contribution >= 4 is 5.69 Å². The lowest BCUT2D eigenvalue weighted by molar-refractivity contribution is 0.648. The zero-order valence-corrected chi connectivity index (χ0v) is 11.6. The molecule has 100 valence electrons. The second-order valence-electron chi connectivity index (χ2n) is 4.71. The molecular weight excluding hydrogens is 238 g/mol. The van der Waals surface area contributed by atoms with Crippen molar-refractivity contribution in [3.8, 4) is 0 Å². The molecule has 0 aliphatic heterocycles. The number of aromatic nitrogens is 2. The van der Waals surface area contributed by atoms with Crippen LogP contribution in [0.3, 0.4) is 0 Å². The maximum absolute atomic E-state index is 11.8. The lowest BCUT2D eigenvalue weighted by Crippen LogP contribution is -2.28. The van der Waals surface area contributed by atoms with E-state index in [9.17, 15) is 4.79 Å². The highest BCUT2D eigenvalue weighted by Gasteiger charge is 2.02. The third-order valence-corrected chi connectivity index (χ3v) is 3.14. The Morgan fingerprint density at radius 2 is 1.95 bits per heavy atom. The molecule has 0 bridgehead atoms. The molecule has 0 saturated carbocycles. The first-order valence-electron chi connectivity index (χ1n) is 6.42. The predicted molar refractivity (Wildman–Crippen MR) is 77.6 cm³/mol. The molecule has 1 heterocycles. The molecule has 4 nitrogen and oxygen atoms in total. The fourth-order valence-electron chi connectivity index (χ4n) is 2.12. The first-order chi connectivity index (χ1) is 9.08. The summed E-state index contributed by atoms with van der Waals surface area (Å²) in [5, 5.41) is 3.34. The summed E-state index contributed by atoms with van der Waals surface area (Å²) in [6, 6.07) is 10.0. The monoisotopic (exact) mass is 257 g/mol. The van der Waals surface area contributed by atoms with Gasteiger partial charge in [-0.1, -0.05) is 18.2 Å². The number of anilines is 1. The summed E-state index contributed by atoms with van der Waals surface area (Å²) in [4.78, 5) is 15.8. The van der Waals surface area contributed by atoms with Gasteiger partial charge in [0, 0.05) is 30.2 Å². The van der Waals surface area contributed by atoms with E-state index in [1.165, 1.54) is 5.56 Å². The number of benzene rings is 1. The van der Waals surface area contributed by atoms with Gasteiger partial charge in [-0.05, 0) is 38.5 Å². The van der Waals surface area contributed by atoms with Crippen LogP contribution >= 0.6 is 0 Å². The molecule has 19 heavy (non-hydrogen) atoms. The van der Waals surface area contributed by atoms with Gasteiger partial charge in [0.1, 0.15) is 0 Å². The quantitative estimate of drug-likeness (QED) is 0.914. The zero-order chi connectivity index (χ0) is 13.8. The second kappa shape index (κ2) is 5.69. The van der Waals surface area contributed by atoms with Crippen LogP contribution in [0.4, 0.5) is 5.69 Å². The molecule has 0 fully saturated rings. The Morgan fingerprint density at radius 3 is 2.63 bits per heavy atom. The largest absolute Gasteiger partial charge is 0.383 e. The molecule has 0 aliphatic rings. The number of nitrogens with zero attached hydrogens (tertiary/aromatic N) is 2. The van der Waals surface area contributed by atoms with Gasteiger partial charge in [0.05, 0.1) is 0 Å². The van der Waals surface area contributed by atoms with Crippen molar-refractivity contribution in [1.29, 1.82) is 0 Å². The molecule has 0 aliphatic carbocycles. The van der Waals surface area contributed by atoms with Crippen LogP contribution in [0, 0.1) is 20.8 Å². The van der Waals surface area contributed by atoms with Crippen LogP contribution in [0.25, 0.3) is 0 Å². The Morgan fingerprint density at radius 1 is 1.21 bits per heavy atom. The Hall–Kier alpha value is -2.10. The van der Waals surface area contributed by atoms with E-state index < -0.39 is 0 Å². The van der Waals surface area contributed by atoms with Crippen molar-refractivity contribution in [2.45, 2.75) is 27.3 Å². The minimum Gasteiger partial charge on any atom is -0.383 e. The van der Waals surface area contributed by atoms with Gasteiger partial charge in [0.25, 0.3) is 0 Å². The molecule has 1 aromatic carbocycles. The van der Waals surface area contributed by atoms with Gasteiger partial charge in [0.2, 0.25) is 0 Å². The van der Waals surface area contributed by atoms with Crippen LogP contribution in [-0.2, 0) is 6.54 Å². The number of aryl methyl sites for hydroxylation is 3. The Balaban J connectivity index is 2.04. The van der Waals surface area contributed by atoms with Gasteiger partial charge in [-0.25, -0.2) is 4.79 Å². The van der Waals surface area contributed by atoms with E-state index in [-0.39, 0.29) is 5.69 Å². The number of nitrogens with one attached hydrogen (secondary N) is 1. The topological polar surface area (TPSA) is 46.9 Å². The van der Waals surface area contributed by atoms with E-state index >= 15 is 0 Å². The minimum atomic E-state index is -0.177. The maximum atomic E-state index is 11.8. The van der Waals surface area contributed by atoms with Gasteiger partial charge >= 0.3 is 5.69 Å². The molecule has 2 aromatic rings. The second-order valence-corrected chi connectivity index (χ2v) is 4.71. The maximum Gasteiger partial charge on any atom is 0.348 e. The molecule has 2 rings (SSSR count). The molecule has 0 atom stereocenters. The third kappa shape index (κ3) is 3.22. The summed E-state index contributed by atoms with van der Waals surface area (Å²) < 4.78 is 1.69. The Kier molecular flexibility index (Phi) is 4.00. The van der Waals surface area contributed by atoms with Crippen LogP contribution in [0.1, 0.15) is 17.0 Å². The highest BCUT2D eigenvalue weighted by molar-refractivity contribution is 5.50. The van der Waals surface area contributed by atoms with Crippen molar-refractivity contribution < 1.29 is 0 Å². The number of hydrogen-bond acceptors (Lipinski definition) is 3. The zero-order valence-electron chi connectivity index (χ0n) is 11.6. The summed E-state index contributed by atoms with van der Waals surface area (Å²) in [6.07, 6.45) is 0.